The van der Waals surface area contributed by atoms with Crippen LogP contribution in [0.25, 0.3) is 16.3 Å². The lowest BCUT2D eigenvalue weighted by Gasteiger charge is -1.96. The van der Waals surface area contributed by atoms with Crippen molar-refractivity contribution in [3.8, 4) is 16.8 Å². The topological polar surface area (TPSA) is 54.0 Å². The van der Waals surface area contributed by atoms with E-state index < -0.39 is 0 Å². The van der Waals surface area contributed by atoms with Crippen LogP contribution < -0.4 is 0 Å². The third-order valence-corrected chi connectivity index (χ3v) is 3.55. The first-order valence-electron chi connectivity index (χ1n) is 4.78. The number of rotatable bonds is 1. The first-order chi connectivity index (χ1) is 8.28. The molecule has 4 nitrogen and oxygen atoms in total. The molecule has 0 aliphatic heterocycles. The smallest absolute Gasteiger partial charge is 0.178 e. The van der Waals surface area contributed by atoms with Crippen molar-refractivity contribution in [3.05, 3.63) is 40.4 Å². The molecule has 17 heavy (non-hydrogen) atoms. The van der Waals surface area contributed by atoms with Crippen molar-refractivity contribution >= 4 is 28.6 Å². The molecule has 82 valence electrons. The molecule has 3 rings (SSSR count). The highest BCUT2D eigenvalue weighted by Gasteiger charge is 2.10. The van der Waals surface area contributed by atoms with Crippen LogP contribution in [0.3, 0.4) is 0 Å². The third-order valence-electron chi connectivity index (χ3n) is 2.33. The molecule has 0 saturated carbocycles. The predicted molar refractivity (Wildman–Crippen MR) is 66.0 cm³/mol. The van der Waals surface area contributed by atoms with Crippen molar-refractivity contribution in [1.29, 1.82) is 5.26 Å². The van der Waals surface area contributed by atoms with Gasteiger partial charge in [0.25, 0.3) is 0 Å². The van der Waals surface area contributed by atoms with E-state index in [1.807, 2.05) is 12.1 Å². The maximum atomic E-state index is 8.88. The van der Waals surface area contributed by atoms with Crippen LogP contribution in [0.1, 0.15) is 5.56 Å². The van der Waals surface area contributed by atoms with Crippen LogP contribution in [0.15, 0.2) is 30.5 Å². The Morgan fingerprint density at radius 3 is 2.82 bits per heavy atom. The fourth-order valence-corrected chi connectivity index (χ4v) is 2.58. The molecule has 0 atom stereocenters. The van der Waals surface area contributed by atoms with Gasteiger partial charge in [0, 0.05) is 6.20 Å². The number of thiophene rings is 1. The Balaban J connectivity index is 2.27. The second-order valence-corrected chi connectivity index (χ2v) is 5.10. The van der Waals surface area contributed by atoms with E-state index in [0.717, 1.165) is 4.88 Å². The lowest BCUT2D eigenvalue weighted by atomic mass is 10.3. The fraction of sp³-hybridized carbons (Fsp3) is 0. The molecule has 6 heteroatoms. The summed E-state index contributed by atoms with van der Waals surface area (Å²) in [4.78, 5) is 0.928. The van der Waals surface area contributed by atoms with Gasteiger partial charge in [0.05, 0.1) is 14.8 Å². The summed E-state index contributed by atoms with van der Waals surface area (Å²) in [6.45, 7) is 0. The molecule has 0 N–H and O–H groups in total. The van der Waals surface area contributed by atoms with Gasteiger partial charge in [-0.05, 0) is 24.3 Å². The van der Waals surface area contributed by atoms with Gasteiger partial charge in [-0.2, -0.15) is 5.26 Å². The van der Waals surface area contributed by atoms with Crippen molar-refractivity contribution in [2.45, 2.75) is 0 Å². The number of fused-ring (bicyclic) bond motifs is 1. The predicted octanol–water partition coefficient (Wildman–Crippen LogP) is 2.98. The van der Waals surface area contributed by atoms with Gasteiger partial charge in [-0.3, -0.25) is 4.40 Å². The van der Waals surface area contributed by atoms with Gasteiger partial charge in [-0.1, -0.05) is 11.6 Å². The van der Waals surface area contributed by atoms with Gasteiger partial charge in [-0.15, -0.1) is 21.5 Å². The zero-order valence-electron chi connectivity index (χ0n) is 8.46. The number of halogens is 1. The Bertz CT molecular complexity index is 737. The minimum absolute atomic E-state index is 0.571. The molecule has 0 aliphatic carbocycles. The van der Waals surface area contributed by atoms with E-state index in [1.54, 1.807) is 22.7 Å². The van der Waals surface area contributed by atoms with E-state index in [2.05, 4.69) is 16.3 Å². The number of pyridine rings is 1. The van der Waals surface area contributed by atoms with Gasteiger partial charge < -0.3 is 0 Å². The lowest BCUT2D eigenvalue weighted by Crippen LogP contribution is -1.88. The van der Waals surface area contributed by atoms with Crippen LogP contribution in [0, 0.1) is 11.3 Å². The molecule has 0 amide bonds. The second kappa shape index (κ2) is 3.84. The Kier molecular flexibility index (Phi) is 2.32. The highest BCUT2D eigenvalue weighted by Crippen LogP contribution is 2.29. The number of nitrogens with zero attached hydrogens (tertiary/aromatic N) is 4. The third kappa shape index (κ3) is 1.68. The molecular formula is C11H5ClN4S. The quantitative estimate of drug-likeness (QED) is 0.676. The SMILES string of the molecule is N#Cc1ccc2nnc(-c3ccc(Cl)s3)n2c1. The summed E-state index contributed by atoms with van der Waals surface area (Å²) in [6.07, 6.45) is 1.72. The molecule has 0 radical (unpaired) electrons. The molecule has 0 saturated heterocycles. The van der Waals surface area contributed by atoms with Crippen LogP contribution in [0.2, 0.25) is 4.34 Å². The molecule has 0 spiro atoms. The second-order valence-electron chi connectivity index (χ2n) is 3.39. The van der Waals surface area contributed by atoms with Gasteiger partial charge in [0.1, 0.15) is 6.07 Å². The molecule has 0 bridgehead atoms. The van der Waals surface area contributed by atoms with Crippen LogP contribution in [0.4, 0.5) is 0 Å². The van der Waals surface area contributed by atoms with E-state index in [-0.39, 0.29) is 0 Å². The van der Waals surface area contributed by atoms with E-state index in [4.69, 9.17) is 16.9 Å². The maximum absolute atomic E-state index is 8.88. The van der Waals surface area contributed by atoms with Crippen LogP contribution in [-0.4, -0.2) is 14.6 Å². The van der Waals surface area contributed by atoms with E-state index in [0.29, 0.717) is 21.4 Å². The van der Waals surface area contributed by atoms with Gasteiger partial charge in [-0.25, -0.2) is 0 Å². The van der Waals surface area contributed by atoms with E-state index >= 15 is 0 Å². The average molecular weight is 261 g/mol. The van der Waals surface area contributed by atoms with Crippen LogP contribution >= 0.6 is 22.9 Å². The van der Waals surface area contributed by atoms with Crippen molar-refractivity contribution in [3.63, 3.8) is 0 Å². The summed E-state index contributed by atoms with van der Waals surface area (Å²) < 4.78 is 2.49. The molecule has 3 aromatic rings. The van der Waals surface area contributed by atoms with Gasteiger partial charge in [0.2, 0.25) is 0 Å². The summed E-state index contributed by atoms with van der Waals surface area (Å²) in [5.41, 5.74) is 1.28. The minimum Gasteiger partial charge on any atom is -0.280 e. The highest BCUT2D eigenvalue weighted by molar-refractivity contribution is 7.19. The first kappa shape index (κ1) is 10.3. The monoisotopic (exact) mass is 260 g/mol. The van der Waals surface area contributed by atoms with E-state index in [1.165, 1.54) is 11.3 Å². The summed E-state index contributed by atoms with van der Waals surface area (Å²) in [7, 11) is 0. The summed E-state index contributed by atoms with van der Waals surface area (Å²) in [5, 5.41) is 17.0. The standard InChI is InChI=1S/C11H5ClN4S/c12-9-3-2-8(17-9)11-15-14-10-4-1-7(5-13)6-16(10)11/h1-4,6H. The zero-order valence-corrected chi connectivity index (χ0v) is 10.0. The summed E-state index contributed by atoms with van der Waals surface area (Å²) in [5.74, 6) is 0.703. The molecule has 0 aromatic carbocycles. The van der Waals surface area contributed by atoms with Crippen molar-refractivity contribution in [2.75, 3.05) is 0 Å². The first-order valence-corrected chi connectivity index (χ1v) is 5.98. The Hall–Kier alpha value is -1.90. The van der Waals surface area contributed by atoms with Crippen molar-refractivity contribution < 1.29 is 0 Å². The molecule has 0 fully saturated rings. The Morgan fingerprint density at radius 2 is 2.12 bits per heavy atom. The molecule has 3 aromatic heterocycles. The van der Waals surface area contributed by atoms with Crippen LogP contribution in [0.5, 0.6) is 0 Å². The van der Waals surface area contributed by atoms with Crippen molar-refractivity contribution in [1.82, 2.24) is 14.6 Å². The fourth-order valence-electron chi connectivity index (χ4n) is 1.56. The lowest BCUT2D eigenvalue weighted by molar-refractivity contribution is 1.12. The Morgan fingerprint density at radius 1 is 1.24 bits per heavy atom. The summed E-state index contributed by atoms with van der Waals surface area (Å²) >= 11 is 7.33. The number of aromatic nitrogens is 3. The van der Waals surface area contributed by atoms with Gasteiger partial charge in [0.15, 0.2) is 11.5 Å². The molecule has 3 heterocycles. The van der Waals surface area contributed by atoms with Crippen LogP contribution in [-0.2, 0) is 0 Å². The highest BCUT2D eigenvalue weighted by atomic mass is 35.5. The largest absolute Gasteiger partial charge is 0.280 e. The number of nitriles is 1. The number of hydrogen-bond donors (Lipinski definition) is 0. The average Bonchev–Trinajstić information content (AvgIpc) is 2.93. The molecule has 0 unspecified atom stereocenters. The molecule has 0 aliphatic rings. The summed E-state index contributed by atoms with van der Waals surface area (Å²) in [6, 6.07) is 9.29. The molecular weight excluding hydrogens is 256 g/mol. The normalized spacial score (nSPS) is 10.6. The van der Waals surface area contributed by atoms with Crippen molar-refractivity contribution in [2.24, 2.45) is 0 Å². The zero-order chi connectivity index (χ0) is 11.8. The maximum Gasteiger partial charge on any atom is 0.178 e. The Labute approximate surface area is 106 Å². The number of hydrogen-bond acceptors (Lipinski definition) is 4. The van der Waals surface area contributed by atoms with Gasteiger partial charge >= 0.3 is 0 Å². The minimum atomic E-state index is 0.571. The van der Waals surface area contributed by atoms with E-state index in [9.17, 15) is 0 Å².